The van der Waals surface area contributed by atoms with Crippen LogP contribution in [0.25, 0.3) is 0 Å². The van der Waals surface area contributed by atoms with Gasteiger partial charge in [-0.05, 0) is 0 Å². The first-order valence-corrected chi connectivity index (χ1v) is 3.38. The summed E-state index contributed by atoms with van der Waals surface area (Å²) >= 11 is 0. The van der Waals surface area contributed by atoms with Crippen molar-refractivity contribution in [3.8, 4) is 0 Å². The first-order chi connectivity index (χ1) is 6.96. The quantitative estimate of drug-likeness (QED) is 0.429. The van der Waals surface area contributed by atoms with Crippen molar-refractivity contribution in [2.75, 3.05) is 0 Å². The van der Waals surface area contributed by atoms with Crippen LogP contribution in [0.1, 0.15) is 0 Å². The standard InChI is InChI=1S/C6H2F8O2/c7-1(3(8)9)5(11,12)6(13,14)2(15)4(10)16/h1,3H. The fourth-order valence-electron chi connectivity index (χ4n) is 0.606. The van der Waals surface area contributed by atoms with Crippen molar-refractivity contribution in [1.82, 2.24) is 0 Å². The third-order valence-corrected chi connectivity index (χ3v) is 1.45. The molecule has 94 valence electrons. The van der Waals surface area contributed by atoms with Gasteiger partial charge >= 0.3 is 23.7 Å². The third kappa shape index (κ3) is 2.30. The molecule has 0 saturated carbocycles. The second-order valence-corrected chi connectivity index (χ2v) is 2.54. The van der Waals surface area contributed by atoms with E-state index in [1.54, 1.807) is 0 Å². The van der Waals surface area contributed by atoms with E-state index in [9.17, 15) is 44.7 Å². The molecule has 0 aliphatic rings. The highest BCUT2D eigenvalue weighted by atomic mass is 19.3. The van der Waals surface area contributed by atoms with Crippen LogP contribution in [-0.4, -0.2) is 36.3 Å². The molecule has 0 fully saturated rings. The minimum Gasteiger partial charge on any atom is -0.281 e. The lowest BCUT2D eigenvalue weighted by Gasteiger charge is -2.26. The lowest BCUT2D eigenvalue weighted by molar-refractivity contribution is -0.247. The van der Waals surface area contributed by atoms with Gasteiger partial charge in [0, 0.05) is 0 Å². The molecule has 16 heavy (non-hydrogen) atoms. The van der Waals surface area contributed by atoms with Gasteiger partial charge in [0.05, 0.1) is 0 Å². The molecule has 0 aliphatic heterocycles. The summed E-state index contributed by atoms with van der Waals surface area (Å²) in [6.07, 6.45) is -9.23. The van der Waals surface area contributed by atoms with Gasteiger partial charge in [-0.2, -0.15) is 22.0 Å². The van der Waals surface area contributed by atoms with Gasteiger partial charge < -0.3 is 0 Å². The van der Waals surface area contributed by atoms with E-state index in [4.69, 9.17) is 0 Å². The van der Waals surface area contributed by atoms with E-state index in [1.165, 1.54) is 0 Å². The fraction of sp³-hybridized carbons (Fsp3) is 0.667. The summed E-state index contributed by atoms with van der Waals surface area (Å²) < 4.78 is 95.7. The van der Waals surface area contributed by atoms with Crippen molar-refractivity contribution in [1.29, 1.82) is 0 Å². The van der Waals surface area contributed by atoms with Crippen LogP contribution < -0.4 is 0 Å². The Kier molecular flexibility index (Phi) is 4.01. The van der Waals surface area contributed by atoms with Gasteiger partial charge in [0.1, 0.15) is 0 Å². The van der Waals surface area contributed by atoms with Gasteiger partial charge in [-0.15, -0.1) is 0 Å². The fourth-order valence-corrected chi connectivity index (χ4v) is 0.606. The summed E-state index contributed by atoms with van der Waals surface area (Å²) in [4.78, 5) is 19.5. The van der Waals surface area contributed by atoms with Crippen molar-refractivity contribution in [3.63, 3.8) is 0 Å². The third-order valence-electron chi connectivity index (χ3n) is 1.45. The van der Waals surface area contributed by atoms with Crippen molar-refractivity contribution in [2.45, 2.75) is 24.4 Å². The number of rotatable bonds is 5. The largest absolute Gasteiger partial charge is 0.380 e. The number of alkyl halides is 7. The molecule has 1 unspecified atom stereocenters. The molecule has 0 aromatic rings. The normalized spacial score (nSPS) is 15.1. The van der Waals surface area contributed by atoms with Crippen LogP contribution in [0.3, 0.4) is 0 Å². The minimum atomic E-state index is -6.18. The molecule has 10 heteroatoms. The summed E-state index contributed by atoms with van der Waals surface area (Å²) in [7, 11) is 0. The van der Waals surface area contributed by atoms with Crippen molar-refractivity contribution in [2.24, 2.45) is 0 Å². The molecule has 1 atom stereocenters. The van der Waals surface area contributed by atoms with E-state index in [1.807, 2.05) is 0 Å². The zero-order valence-corrected chi connectivity index (χ0v) is 6.99. The Bertz CT molecular complexity index is 299. The lowest BCUT2D eigenvalue weighted by Crippen LogP contribution is -2.56. The van der Waals surface area contributed by atoms with Gasteiger partial charge in [-0.1, -0.05) is 0 Å². The monoisotopic (exact) mass is 258 g/mol. The summed E-state index contributed by atoms with van der Waals surface area (Å²) in [6.45, 7) is 0. The number of carbonyl (C=O) groups is 2. The number of Topliss-reactive ketones (excluding diaryl/α,β-unsaturated/α-hetero) is 1. The maximum Gasteiger partial charge on any atom is 0.380 e. The van der Waals surface area contributed by atoms with E-state index >= 15 is 0 Å². The van der Waals surface area contributed by atoms with Gasteiger partial charge in [-0.25, -0.2) is 13.2 Å². The molecule has 0 saturated heterocycles. The molecular weight excluding hydrogens is 256 g/mol. The molecule has 0 aromatic heterocycles. The Hall–Kier alpha value is -1.22. The SMILES string of the molecule is O=C(F)C(=O)C(F)(F)C(F)(F)C(F)C(F)F. The highest BCUT2D eigenvalue weighted by Crippen LogP contribution is 2.41. The number of carbonyl (C=O) groups excluding carboxylic acids is 2. The Labute approximate surface area is 82.2 Å². The van der Waals surface area contributed by atoms with E-state index in [-0.39, 0.29) is 0 Å². The zero-order valence-electron chi connectivity index (χ0n) is 6.99. The smallest absolute Gasteiger partial charge is 0.281 e. The molecule has 2 nitrogen and oxygen atoms in total. The summed E-state index contributed by atoms with van der Waals surface area (Å²) in [6, 6.07) is -3.48. The summed E-state index contributed by atoms with van der Waals surface area (Å²) in [5.41, 5.74) is 0. The van der Waals surface area contributed by atoms with E-state index in [0.717, 1.165) is 0 Å². The molecule has 0 amide bonds. The molecule has 0 aliphatic carbocycles. The summed E-state index contributed by atoms with van der Waals surface area (Å²) in [5, 5.41) is 0. The zero-order chi connectivity index (χ0) is 13.3. The van der Waals surface area contributed by atoms with Crippen molar-refractivity contribution >= 4 is 11.8 Å². The number of ketones is 1. The predicted octanol–water partition coefficient (Wildman–Crippen LogP) is 1.93. The van der Waals surface area contributed by atoms with Crippen LogP contribution in [0.15, 0.2) is 0 Å². The van der Waals surface area contributed by atoms with Crippen LogP contribution in [0, 0.1) is 0 Å². The van der Waals surface area contributed by atoms with Crippen molar-refractivity contribution < 1.29 is 44.7 Å². The average Bonchev–Trinajstić information content (AvgIpc) is 2.14. The van der Waals surface area contributed by atoms with Gasteiger partial charge in [0.2, 0.25) is 6.17 Å². The van der Waals surface area contributed by atoms with Crippen LogP contribution in [-0.2, 0) is 9.59 Å². The van der Waals surface area contributed by atoms with Crippen LogP contribution >= 0.6 is 0 Å². The topological polar surface area (TPSA) is 34.1 Å². The maximum absolute atomic E-state index is 12.3. The molecule has 0 aromatic carbocycles. The second kappa shape index (κ2) is 4.34. The highest BCUT2D eigenvalue weighted by Gasteiger charge is 2.70. The van der Waals surface area contributed by atoms with Crippen LogP contribution in [0.2, 0.25) is 0 Å². The minimum absolute atomic E-state index is 3.48. The molecule has 0 N–H and O–H groups in total. The van der Waals surface area contributed by atoms with E-state index < -0.39 is 36.3 Å². The Balaban J connectivity index is 5.28. The molecule has 0 spiro atoms. The number of halogens is 8. The Morgan fingerprint density at radius 2 is 1.31 bits per heavy atom. The average molecular weight is 258 g/mol. The molecule has 0 rings (SSSR count). The van der Waals surface area contributed by atoms with Crippen LogP contribution in [0.4, 0.5) is 35.1 Å². The van der Waals surface area contributed by atoms with E-state index in [0.29, 0.717) is 0 Å². The number of hydrogen-bond donors (Lipinski definition) is 0. The second-order valence-electron chi connectivity index (χ2n) is 2.54. The first kappa shape index (κ1) is 14.8. The van der Waals surface area contributed by atoms with Crippen LogP contribution in [0.5, 0.6) is 0 Å². The molecule has 0 bridgehead atoms. The predicted molar refractivity (Wildman–Crippen MR) is 31.9 cm³/mol. The highest BCUT2D eigenvalue weighted by molar-refractivity contribution is 6.36. The number of hydrogen-bond acceptors (Lipinski definition) is 2. The Morgan fingerprint density at radius 1 is 0.938 bits per heavy atom. The molecule has 0 heterocycles. The molecule has 0 radical (unpaired) electrons. The first-order valence-electron chi connectivity index (χ1n) is 3.38. The van der Waals surface area contributed by atoms with E-state index in [2.05, 4.69) is 0 Å². The maximum atomic E-state index is 12.3. The summed E-state index contributed by atoms with van der Waals surface area (Å²) in [5.74, 6) is -15.9. The van der Waals surface area contributed by atoms with Gasteiger partial charge in [0.15, 0.2) is 0 Å². The van der Waals surface area contributed by atoms with Gasteiger partial charge in [0.25, 0.3) is 6.43 Å². The lowest BCUT2D eigenvalue weighted by atomic mass is 10.0. The Morgan fingerprint density at radius 3 is 1.56 bits per heavy atom. The van der Waals surface area contributed by atoms with Gasteiger partial charge in [-0.3, -0.25) is 9.59 Å². The molecular formula is C6H2F8O2. The van der Waals surface area contributed by atoms with Crippen molar-refractivity contribution in [3.05, 3.63) is 0 Å².